The van der Waals surface area contributed by atoms with Crippen LogP contribution in [0.15, 0.2) is 12.3 Å². The van der Waals surface area contributed by atoms with E-state index in [2.05, 4.69) is 17.2 Å². The molecule has 1 N–H and O–H groups in total. The molecule has 0 spiro atoms. The average molecular weight is 352 g/mol. The maximum Gasteiger partial charge on any atom is 0.256 e. The molecule has 0 radical (unpaired) electrons. The first-order valence-corrected chi connectivity index (χ1v) is 9.00. The smallest absolute Gasteiger partial charge is 0.256 e. The zero-order chi connectivity index (χ0) is 18.7. The fraction of sp³-hybridized carbons (Fsp3) is 0.684. The number of pyridine rings is 1. The molecule has 6 heteroatoms. The van der Waals surface area contributed by atoms with Gasteiger partial charge in [-0.15, -0.1) is 0 Å². The van der Waals surface area contributed by atoms with Crippen LogP contribution in [0.1, 0.15) is 52.0 Å². The number of nitrogens with one attached hydrogen (secondary N) is 1. The maximum absolute atomic E-state index is 12.7. The minimum absolute atomic E-state index is 0.136. The molecule has 142 valence electrons. The molecule has 0 unspecified atom stereocenters. The van der Waals surface area contributed by atoms with Crippen LogP contribution < -0.4 is 10.1 Å². The number of rotatable bonds is 12. The largest absolute Gasteiger partial charge is 0.475 e. The molecule has 0 aliphatic heterocycles. The van der Waals surface area contributed by atoms with Crippen LogP contribution in [0.5, 0.6) is 5.88 Å². The van der Waals surface area contributed by atoms with Crippen molar-refractivity contribution < 1.29 is 19.0 Å². The zero-order valence-corrected chi connectivity index (χ0v) is 16.2. The number of hydrogen-bond acceptors (Lipinski definition) is 5. The molecule has 1 aromatic heterocycles. The second-order valence-corrected chi connectivity index (χ2v) is 6.32. The normalized spacial score (nSPS) is 13.3. The molecule has 0 aliphatic rings. The van der Waals surface area contributed by atoms with Gasteiger partial charge in [0.1, 0.15) is 12.2 Å². The Morgan fingerprint density at radius 1 is 1.24 bits per heavy atom. The number of aryl methyl sites for hydroxylation is 1. The average Bonchev–Trinajstić information content (AvgIpc) is 2.60. The highest BCUT2D eigenvalue weighted by Crippen LogP contribution is 2.24. The second kappa shape index (κ2) is 11.1. The molecule has 1 heterocycles. The number of amides is 1. The molecule has 1 atom stereocenters. The first-order valence-electron chi connectivity index (χ1n) is 9.00. The van der Waals surface area contributed by atoms with Crippen LogP contribution in [0.4, 0.5) is 5.69 Å². The summed E-state index contributed by atoms with van der Waals surface area (Å²) >= 11 is 0. The van der Waals surface area contributed by atoms with Crippen molar-refractivity contribution in [1.82, 2.24) is 4.98 Å². The van der Waals surface area contributed by atoms with E-state index in [1.807, 2.05) is 26.8 Å². The van der Waals surface area contributed by atoms with E-state index >= 15 is 0 Å². The molecule has 1 amide bonds. The van der Waals surface area contributed by atoms with Gasteiger partial charge < -0.3 is 19.5 Å². The number of carbonyl (C=O) groups is 1. The number of ether oxygens (including phenoxy) is 3. The van der Waals surface area contributed by atoms with Crippen molar-refractivity contribution in [3.63, 3.8) is 0 Å². The Balaban J connectivity index is 2.76. The summed E-state index contributed by atoms with van der Waals surface area (Å²) in [7, 11) is 1.62. The Hall–Kier alpha value is -1.66. The van der Waals surface area contributed by atoms with Crippen molar-refractivity contribution in [2.45, 2.75) is 59.0 Å². The zero-order valence-electron chi connectivity index (χ0n) is 16.2. The van der Waals surface area contributed by atoms with Crippen LogP contribution >= 0.6 is 0 Å². The predicted octanol–water partition coefficient (Wildman–Crippen LogP) is 3.73. The minimum atomic E-state index is -0.826. The van der Waals surface area contributed by atoms with E-state index in [9.17, 15) is 4.79 Å². The van der Waals surface area contributed by atoms with Crippen molar-refractivity contribution >= 4 is 11.6 Å². The molecule has 0 aliphatic carbocycles. The quantitative estimate of drug-likeness (QED) is 0.581. The maximum atomic E-state index is 12.7. The molecule has 0 aromatic carbocycles. The Morgan fingerprint density at radius 3 is 2.60 bits per heavy atom. The summed E-state index contributed by atoms with van der Waals surface area (Å²) in [4.78, 5) is 17.0. The number of nitrogens with zero attached hydrogens (tertiary/aromatic N) is 1. The number of unbranched alkanes of at least 4 members (excludes halogenated alkanes) is 1. The molecule has 0 saturated heterocycles. The number of methoxy groups -OCH3 is 1. The Bertz CT molecular complexity index is 526. The summed E-state index contributed by atoms with van der Waals surface area (Å²) in [6.07, 6.45) is 5.14. The molecule has 0 fully saturated rings. The predicted molar refractivity (Wildman–Crippen MR) is 99.1 cm³/mol. The van der Waals surface area contributed by atoms with Crippen LogP contribution in [0, 0.1) is 6.92 Å². The van der Waals surface area contributed by atoms with E-state index < -0.39 is 5.60 Å². The number of carbonyl (C=O) groups excluding carboxylic acids is 1. The fourth-order valence-electron chi connectivity index (χ4n) is 2.36. The first kappa shape index (κ1) is 21.4. The highest BCUT2D eigenvalue weighted by atomic mass is 16.5. The van der Waals surface area contributed by atoms with Crippen molar-refractivity contribution in [2.24, 2.45) is 0 Å². The molecule has 1 rings (SSSR count). The van der Waals surface area contributed by atoms with E-state index in [0.29, 0.717) is 37.8 Å². The van der Waals surface area contributed by atoms with Gasteiger partial charge in [-0.1, -0.05) is 26.7 Å². The summed E-state index contributed by atoms with van der Waals surface area (Å²) in [6, 6.07) is 1.85. The lowest BCUT2D eigenvalue weighted by molar-refractivity contribution is -0.140. The van der Waals surface area contributed by atoms with Gasteiger partial charge >= 0.3 is 0 Å². The number of aromatic nitrogens is 1. The molecule has 1 aromatic rings. The molecule has 0 bridgehead atoms. The van der Waals surface area contributed by atoms with Crippen molar-refractivity contribution in [2.75, 3.05) is 32.2 Å². The third-order valence-electron chi connectivity index (χ3n) is 3.93. The van der Waals surface area contributed by atoms with E-state index in [4.69, 9.17) is 14.2 Å². The third-order valence-corrected chi connectivity index (χ3v) is 3.93. The van der Waals surface area contributed by atoms with Crippen LogP contribution in [0.25, 0.3) is 0 Å². The molecular weight excluding hydrogens is 320 g/mol. The van der Waals surface area contributed by atoms with Gasteiger partial charge in [0.2, 0.25) is 5.88 Å². The highest BCUT2D eigenvalue weighted by molar-refractivity contribution is 5.97. The first-order chi connectivity index (χ1) is 12.0. The lowest BCUT2D eigenvalue weighted by atomic mass is 9.97. The summed E-state index contributed by atoms with van der Waals surface area (Å²) in [5.41, 5.74) is 0.677. The lowest BCUT2D eigenvalue weighted by Gasteiger charge is -2.28. The van der Waals surface area contributed by atoms with Gasteiger partial charge in [0.05, 0.1) is 18.5 Å². The second-order valence-electron chi connectivity index (χ2n) is 6.32. The van der Waals surface area contributed by atoms with Crippen molar-refractivity contribution in [3.05, 3.63) is 17.8 Å². The molecule has 25 heavy (non-hydrogen) atoms. The summed E-state index contributed by atoms with van der Waals surface area (Å²) < 4.78 is 16.4. The van der Waals surface area contributed by atoms with Gasteiger partial charge in [0, 0.05) is 19.3 Å². The fourth-order valence-corrected chi connectivity index (χ4v) is 2.36. The standard InChI is InChI=1S/C19H32N2O4/c1-6-8-9-19(4,25-10-7-2)18(22)21-16-13-15(3)17(20-14-16)24-12-11-23-5/h13-14H,6-12H2,1-5H3,(H,21,22)/t19-/m0/s1. The number of hydrogen-bond donors (Lipinski definition) is 1. The molecule has 6 nitrogen and oxygen atoms in total. The van der Waals surface area contributed by atoms with Gasteiger partial charge in [-0.25, -0.2) is 4.98 Å². The topological polar surface area (TPSA) is 69.7 Å². The van der Waals surface area contributed by atoms with Crippen LogP contribution in [0.3, 0.4) is 0 Å². The van der Waals surface area contributed by atoms with E-state index in [0.717, 1.165) is 24.8 Å². The Morgan fingerprint density at radius 2 is 2.00 bits per heavy atom. The van der Waals surface area contributed by atoms with Gasteiger partial charge in [0.25, 0.3) is 5.91 Å². The molecular formula is C19H32N2O4. The highest BCUT2D eigenvalue weighted by Gasteiger charge is 2.33. The van der Waals surface area contributed by atoms with Crippen LogP contribution in [-0.4, -0.2) is 43.4 Å². The van der Waals surface area contributed by atoms with Gasteiger partial charge in [0.15, 0.2) is 0 Å². The third kappa shape index (κ3) is 7.00. The van der Waals surface area contributed by atoms with E-state index in [1.54, 1.807) is 13.3 Å². The van der Waals surface area contributed by atoms with Gasteiger partial charge in [-0.05, 0) is 32.8 Å². The van der Waals surface area contributed by atoms with Crippen molar-refractivity contribution in [3.8, 4) is 5.88 Å². The van der Waals surface area contributed by atoms with E-state index in [1.165, 1.54) is 0 Å². The molecule has 0 saturated carbocycles. The summed E-state index contributed by atoms with van der Waals surface area (Å²) in [5.74, 6) is 0.412. The summed E-state index contributed by atoms with van der Waals surface area (Å²) in [5, 5.41) is 2.93. The van der Waals surface area contributed by atoms with Crippen LogP contribution in [-0.2, 0) is 14.3 Å². The van der Waals surface area contributed by atoms with Gasteiger partial charge in [-0.3, -0.25) is 4.79 Å². The minimum Gasteiger partial charge on any atom is -0.475 e. The Kier molecular flexibility index (Phi) is 9.45. The Labute approximate surface area is 151 Å². The number of anilines is 1. The van der Waals surface area contributed by atoms with Gasteiger partial charge in [-0.2, -0.15) is 0 Å². The van der Waals surface area contributed by atoms with Crippen LogP contribution in [0.2, 0.25) is 0 Å². The van der Waals surface area contributed by atoms with E-state index in [-0.39, 0.29) is 5.91 Å². The monoisotopic (exact) mass is 352 g/mol. The lowest BCUT2D eigenvalue weighted by Crippen LogP contribution is -2.43. The SMILES string of the molecule is CCCC[C@](C)(OCCC)C(=O)Nc1cnc(OCCOC)c(C)c1. The van der Waals surface area contributed by atoms with Crippen molar-refractivity contribution in [1.29, 1.82) is 0 Å². The summed E-state index contributed by atoms with van der Waals surface area (Å²) in [6.45, 7) is 9.41.